The molecule has 1 aromatic carbocycles. The zero-order valence-electron chi connectivity index (χ0n) is 16.7. The van der Waals surface area contributed by atoms with Crippen LogP contribution in [0.5, 0.6) is 0 Å². The molecule has 28 heavy (non-hydrogen) atoms. The van der Waals surface area contributed by atoms with Gasteiger partial charge in [0.05, 0.1) is 23.6 Å². The number of rotatable bonds is 4. The standard InChI is InChI=1S/C22H26N6/c1-13(2)20-9-26-21-10-25-16(8-19(20)21)7-18-14(3)5-17(6-15(18)4)28-12-24-11-22(23)27-28/h5-6,8-13,26-27H,7,23H2,1-4H3. The number of nitrogens with one attached hydrogen (secondary N) is 2. The molecule has 3 aromatic rings. The van der Waals surface area contributed by atoms with E-state index >= 15 is 0 Å². The van der Waals surface area contributed by atoms with E-state index in [1.807, 2.05) is 11.2 Å². The smallest absolute Gasteiger partial charge is 0.134 e. The minimum atomic E-state index is 0.479. The van der Waals surface area contributed by atoms with E-state index in [1.54, 1.807) is 12.5 Å². The highest BCUT2D eigenvalue weighted by Crippen LogP contribution is 2.28. The lowest BCUT2D eigenvalue weighted by atomic mass is 9.96. The molecule has 1 aliphatic rings. The van der Waals surface area contributed by atoms with Crippen LogP contribution < -0.4 is 16.2 Å². The number of fused-ring (bicyclic) bond motifs is 1. The Labute approximate surface area is 165 Å². The molecule has 6 nitrogen and oxygen atoms in total. The zero-order valence-corrected chi connectivity index (χ0v) is 16.7. The van der Waals surface area contributed by atoms with Gasteiger partial charge in [-0.3, -0.25) is 10.4 Å². The molecule has 0 spiro atoms. The Morgan fingerprint density at radius 2 is 1.89 bits per heavy atom. The van der Waals surface area contributed by atoms with Gasteiger partial charge in [-0.1, -0.05) is 13.8 Å². The van der Waals surface area contributed by atoms with E-state index in [2.05, 4.69) is 72.5 Å². The Kier molecular flexibility index (Phi) is 4.55. The van der Waals surface area contributed by atoms with Crippen molar-refractivity contribution in [2.45, 2.75) is 40.0 Å². The second-order valence-electron chi connectivity index (χ2n) is 7.69. The number of anilines is 1. The predicted molar refractivity (Wildman–Crippen MR) is 115 cm³/mol. The van der Waals surface area contributed by atoms with Crippen LogP contribution in [0.4, 0.5) is 5.69 Å². The molecule has 0 amide bonds. The second kappa shape index (κ2) is 7.03. The van der Waals surface area contributed by atoms with Crippen LogP contribution in [0.25, 0.3) is 10.9 Å². The van der Waals surface area contributed by atoms with Gasteiger partial charge in [0.2, 0.25) is 0 Å². The van der Waals surface area contributed by atoms with Crippen LogP contribution in [-0.4, -0.2) is 16.3 Å². The third-order valence-electron chi connectivity index (χ3n) is 5.24. The Balaban J connectivity index is 1.65. The molecule has 0 fully saturated rings. The van der Waals surface area contributed by atoms with E-state index < -0.39 is 0 Å². The molecule has 0 radical (unpaired) electrons. The van der Waals surface area contributed by atoms with Gasteiger partial charge in [-0.15, -0.1) is 0 Å². The van der Waals surface area contributed by atoms with E-state index in [0.29, 0.717) is 11.7 Å². The summed E-state index contributed by atoms with van der Waals surface area (Å²) in [5.41, 5.74) is 17.2. The Bertz CT molecular complexity index is 1070. The maximum atomic E-state index is 5.82. The van der Waals surface area contributed by atoms with Crippen LogP contribution in [-0.2, 0) is 6.42 Å². The number of hydrogen-bond acceptors (Lipinski definition) is 5. The minimum absolute atomic E-state index is 0.479. The number of pyridine rings is 1. The molecule has 3 heterocycles. The van der Waals surface area contributed by atoms with Crippen molar-refractivity contribution in [3.8, 4) is 0 Å². The number of nitrogens with two attached hydrogens (primary N) is 1. The number of aromatic nitrogens is 2. The van der Waals surface area contributed by atoms with Crippen LogP contribution in [0.2, 0.25) is 0 Å². The van der Waals surface area contributed by atoms with Crippen molar-refractivity contribution in [1.29, 1.82) is 0 Å². The maximum Gasteiger partial charge on any atom is 0.134 e. The van der Waals surface area contributed by atoms with Gasteiger partial charge in [0.1, 0.15) is 12.2 Å². The molecule has 1 aliphatic heterocycles. The Morgan fingerprint density at radius 3 is 2.57 bits per heavy atom. The predicted octanol–water partition coefficient (Wildman–Crippen LogP) is 4.00. The van der Waals surface area contributed by atoms with Crippen molar-refractivity contribution >= 4 is 22.9 Å². The molecular weight excluding hydrogens is 348 g/mol. The molecule has 0 aliphatic carbocycles. The average molecular weight is 374 g/mol. The summed E-state index contributed by atoms with van der Waals surface area (Å²) in [6.45, 7) is 8.71. The number of aryl methyl sites for hydroxylation is 2. The summed E-state index contributed by atoms with van der Waals surface area (Å²) in [5.74, 6) is 0.999. The number of benzene rings is 1. The van der Waals surface area contributed by atoms with Gasteiger partial charge in [-0.2, -0.15) is 0 Å². The highest BCUT2D eigenvalue weighted by molar-refractivity contribution is 5.83. The minimum Gasteiger partial charge on any atom is -0.383 e. The fraction of sp³-hybridized carbons (Fsp3) is 0.273. The van der Waals surface area contributed by atoms with Crippen molar-refractivity contribution < 1.29 is 0 Å². The monoisotopic (exact) mass is 374 g/mol. The molecule has 0 unspecified atom stereocenters. The number of hydrogen-bond donors (Lipinski definition) is 3. The lowest BCUT2D eigenvalue weighted by Gasteiger charge is -2.25. The van der Waals surface area contributed by atoms with E-state index in [-0.39, 0.29) is 0 Å². The lowest BCUT2D eigenvalue weighted by molar-refractivity contribution is 0.824. The normalized spacial score (nSPS) is 13.9. The van der Waals surface area contributed by atoms with Crippen LogP contribution in [0.3, 0.4) is 0 Å². The molecule has 0 saturated carbocycles. The molecule has 0 bridgehead atoms. The first-order valence-corrected chi connectivity index (χ1v) is 9.53. The van der Waals surface area contributed by atoms with Gasteiger partial charge in [0, 0.05) is 23.7 Å². The molecule has 0 saturated heterocycles. The van der Waals surface area contributed by atoms with Crippen LogP contribution >= 0.6 is 0 Å². The summed E-state index contributed by atoms with van der Waals surface area (Å²) in [6, 6.07) is 6.51. The number of hydrazine groups is 1. The molecular formula is C22H26N6. The Morgan fingerprint density at radius 1 is 1.14 bits per heavy atom. The van der Waals surface area contributed by atoms with Crippen LogP contribution in [0.15, 0.2) is 47.6 Å². The van der Waals surface area contributed by atoms with Crippen molar-refractivity contribution in [1.82, 2.24) is 15.4 Å². The maximum absolute atomic E-state index is 5.82. The summed E-state index contributed by atoms with van der Waals surface area (Å²) < 4.78 is 0. The molecule has 0 atom stereocenters. The van der Waals surface area contributed by atoms with Crippen LogP contribution in [0.1, 0.15) is 47.7 Å². The van der Waals surface area contributed by atoms with E-state index in [9.17, 15) is 0 Å². The number of H-pyrrole nitrogens is 1. The highest BCUT2D eigenvalue weighted by Gasteiger charge is 2.14. The van der Waals surface area contributed by atoms with Gasteiger partial charge in [-0.05, 0) is 60.2 Å². The van der Waals surface area contributed by atoms with Crippen molar-refractivity contribution in [3.63, 3.8) is 0 Å². The van der Waals surface area contributed by atoms with Gasteiger partial charge >= 0.3 is 0 Å². The third kappa shape index (κ3) is 3.33. The molecule has 4 rings (SSSR count). The third-order valence-corrected chi connectivity index (χ3v) is 5.24. The first kappa shape index (κ1) is 18.1. The van der Waals surface area contributed by atoms with Gasteiger partial charge in [0.15, 0.2) is 0 Å². The van der Waals surface area contributed by atoms with E-state index in [4.69, 9.17) is 5.73 Å². The average Bonchev–Trinajstić information content (AvgIpc) is 3.08. The highest BCUT2D eigenvalue weighted by atomic mass is 15.5. The fourth-order valence-electron chi connectivity index (χ4n) is 3.74. The molecule has 144 valence electrons. The Hall–Kier alpha value is -3.28. The second-order valence-corrected chi connectivity index (χ2v) is 7.69. The number of aliphatic imine (C=N–C) groups is 1. The lowest BCUT2D eigenvalue weighted by Crippen LogP contribution is -2.41. The van der Waals surface area contributed by atoms with E-state index in [1.165, 1.54) is 27.6 Å². The quantitative estimate of drug-likeness (QED) is 0.644. The molecule has 2 aromatic heterocycles. The fourth-order valence-corrected chi connectivity index (χ4v) is 3.74. The summed E-state index contributed by atoms with van der Waals surface area (Å²) in [5, 5.41) is 3.10. The zero-order chi connectivity index (χ0) is 19.8. The summed E-state index contributed by atoms with van der Waals surface area (Å²) in [4.78, 5) is 12.2. The SMILES string of the molecule is Cc1cc(N2C=NC=C(N)N2)cc(C)c1Cc1cc2c(C(C)C)c[nH]c2cn1. The molecule has 4 N–H and O–H groups in total. The molecule has 6 heteroatoms. The first-order valence-electron chi connectivity index (χ1n) is 9.53. The summed E-state index contributed by atoms with van der Waals surface area (Å²) in [7, 11) is 0. The van der Waals surface area contributed by atoms with E-state index in [0.717, 1.165) is 23.3 Å². The largest absolute Gasteiger partial charge is 0.383 e. The number of nitrogens with zero attached hydrogens (tertiary/aromatic N) is 3. The van der Waals surface area contributed by atoms with Crippen molar-refractivity contribution in [3.05, 3.63) is 70.6 Å². The van der Waals surface area contributed by atoms with Crippen molar-refractivity contribution in [2.75, 3.05) is 5.01 Å². The van der Waals surface area contributed by atoms with Gasteiger partial charge < -0.3 is 10.7 Å². The first-order chi connectivity index (χ1) is 13.4. The summed E-state index contributed by atoms with van der Waals surface area (Å²) in [6.07, 6.45) is 8.16. The number of aromatic amines is 1. The topological polar surface area (TPSA) is 82.3 Å². The van der Waals surface area contributed by atoms with Crippen molar-refractivity contribution in [2.24, 2.45) is 10.7 Å². The van der Waals surface area contributed by atoms with Crippen LogP contribution in [0, 0.1) is 13.8 Å². The summed E-state index contributed by atoms with van der Waals surface area (Å²) >= 11 is 0. The van der Waals surface area contributed by atoms with Gasteiger partial charge in [-0.25, -0.2) is 10.0 Å². The van der Waals surface area contributed by atoms with Gasteiger partial charge in [0.25, 0.3) is 0 Å².